The summed E-state index contributed by atoms with van der Waals surface area (Å²) in [5.74, 6) is -0.151. The topological polar surface area (TPSA) is 0 Å². The van der Waals surface area contributed by atoms with E-state index >= 15 is 0 Å². The van der Waals surface area contributed by atoms with E-state index in [0.29, 0.717) is 0 Å². The zero-order chi connectivity index (χ0) is 57.6. The molecule has 0 aliphatic carbocycles. The molecular weight excluding hydrogens is 1360 g/mol. The number of hydrogen-bond acceptors (Lipinski definition) is 0. The van der Waals surface area contributed by atoms with Crippen LogP contribution in [-0.4, -0.2) is 0 Å². The van der Waals surface area contributed by atoms with Gasteiger partial charge in [-0.25, -0.2) is 0 Å². The minimum absolute atomic E-state index is 0. The van der Waals surface area contributed by atoms with Gasteiger partial charge in [0.1, 0.15) is 0 Å². The second-order valence-electron chi connectivity index (χ2n) is 19.0. The predicted molar refractivity (Wildman–Crippen MR) is 367 cm³/mol. The molecule has 13 aromatic rings. The Morgan fingerprint density at radius 2 is 0.273 bits per heavy atom. The van der Waals surface area contributed by atoms with Crippen LogP contribution in [0.2, 0.25) is 0 Å². The third-order valence-corrected chi connectivity index (χ3v) is 23.8. The Morgan fingerprint density at radius 1 is 0.170 bits per heavy atom. The number of benzene rings is 13. The molecule has 0 N–H and O–H groups in total. The summed E-state index contributed by atoms with van der Waals surface area (Å²) in [6.45, 7) is 0. The molecule has 436 valence electrons. The second-order valence-corrected chi connectivity index (χ2v) is 29.6. The zero-order valence-electron chi connectivity index (χ0n) is 48.3. The molecule has 88 heavy (non-hydrogen) atoms. The van der Waals surface area contributed by atoms with Crippen molar-refractivity contribution in [1.82, 2.24) is 0 Å². The first-order valence-electron chi connectivity index (χ1n) is 28.0. The van der Waals surface area contributed by atoms with Crippen LogP contribution in [0.15, 0.2) is 388 Å². The summed E-state index contributed by atoms with van der Waals surface area (Å²) in [4.78, 5) is 0. The molecular formula is C78H64Cl3FP4PdZn. The van der Waals surface area contributed by atoms with Gasteiger partial charge < -0.3 is 37.2 Å². The average Bonchev–Trinajstić information content (AvgIpc) is 3.78. The van der Waals surface area contributed by atoms with Gasteiger partial charge in [0, 0.05) is 0 Å². The largest absolute Gasteiger partial charge is 2.00 e. The van der Waals surface area contributed by atoms with Crippen LogP contribution in [0.1, 0.15) is 0 Å². The number of halogens is 4. The van der Waals surface area contributed by atoms with Gasteiger partial charge >= 0.3 is 77.4 Å². The Hall–Kier alpha value is -6.33. The fourth-order valence-electron chi connectivity index (χ4n) is 9.20. The van der Waals surface area contributed by atoms with Gasteiger partial charge in [0.2, 0.25) is 0 Å². The van der Waals surface area contributed by atoms with Crippen molar-refractivity contribution >= 4 is 99.5 Å². The molecule has 0 heterocycles. The SMILES string of the molecule is Fc1cc[c]([Zn+])cc1.[Cl-].[Cl-].[Cl-].[Pd+2].c1ccc(P(c2ccccc2)c2ccccc2)cc1.c1ccc(P(c2ccccc2)c2ccccc2)cc1.c1ccc(P(c2ccccc2)c2ccccc2)cc1.c1ccc(P(c2ccccc2)c2ccccc2)cc1. The Bertz CT molecular complexity index is 2970. The van der Waals surface area contributed by atoms with Crippen molar-refractivity contribution in [3.8, 4) is 0 Å². The first-order chi connectivity index (χ1) is 41.6. The van der Waals surface area contributed by atoms with E-state index in [9.17, 15) is 4.39 Å². The molecule has 0 aromatic heterocycles. The van der Waals surface area contributed by atoms with Gasteiger partial charge in [-0.1, -0.05) is 364 Å². The van der Waals surface area contributed by atoms with Crippen LogP contribution in [0.5, 0.6) is 0 Å². The van der Waals surface area contributed by atoms with Crippen molar-refractivity contribution in [2.75, 3.05) is 0 Å². The minimum Gasteiger partial charge on any atom is -1.00 e. The molecule has 13 aromatic carbocycles. The Morgan fingerprint density at radius 3 is 0.364 bits per heavy atom. The Labute approximate surface area is 568 Å². The van der Waals surface area contributed by atoms with Crippen LogP contribution in [0, 0.1) is 5.82 Å². The summed E-state index contributed by atoms with van der Waals surface area (Å²) in [6.07, 6.45) is 0. The molecule has 0 unspecified atom stereocenters. The molecule has 0 nitrogen and oxygen atoms in total. The van der Waals surface area contributed by atoms with E-state index < -0.39 is 31.7 Å². The van der Waals surface area contributed by atoms with Gasteiger partial charge in [0.05, 0.1) is 0 Å². The molecule has 0 aliphatic rings. The van der Waals surface area contributed by atoms with Crippen LogP contribution < -0.4 is 105 Å². The van der Waals surface area contributed by atoms with Crippen molar-refractivity contribution in [3.63, 3.8) is 0 Å². The standard InChI is InChI=1S/4C18H15P.C6H4F.3ClH.Pd.Zn/c4*1-4-10-16(11-5-1)19(17-12-6-2-7-13-17)18-14-8-3-9-15-18;7-6-4-2-1-3-5-6;;;;;/h4*1-15H;2-5H;3*1H;;/q;;;;;;;;+2;+1/p-3. The smallest absolute Gasteiger partial charge is 1.00 e. The fourth-order valence-corrected chi connectivity index (χ4v) is 18.9. The minimum atomic E-state index is -0.446. The zero-order valence-corrected chi connectivity index (χ0v) is 58.6. The average molecular weight is 1420 g/mol. The Kier molecular flexibility index (Phi) is 33.8. The van der Waals surface area contributed by atoms with Crippen LogP contribution in [0.25, 0.3) is 0 Å². The molecule has 0 atom stereocenters. The van der Waals surface area contributed by atoms with E-state index in [4.69, 9.17) is 0 Å². The van der Waals surface area contributed by atoms with Gasteiger partial charge in [0.25, 0.3) is 0 Å². The van der Waals surface area contributed by atoms with Gasteiger partial charge in [-0.2, -0.15) is 0 Å². The maximum absolute atomic E-state index is 12.1. The predicted octanol–water partition coefficient (Wildman–Crippen LogP) is 5.79. The molecule has 0 saturated heterocycles. The molecule has 0 spiro atoms. The van der Waals surface area contributed by atoms with Gasteiger partial charge in [0.15, 0.2) is 0 Å². The van der Waals surface area contributed by atoms with Crippen LogP contribution >= 0.6 is 31.7 Å². The van der Waals surface area contributed by atoms with Crippen molar-refractivity contribution in [2.24, 2.45) is 0 Å². The summed E-state index contributed by atoms with van der Waals surface area (Å²) in [6, 6.07) is 136. The number of hydrogen-bond donors (Lipinski definition) is 0. The van der Waals surface area contributed by atoms with Crippen LogP contribution in [0.4, 0.5) is 4.39 Å². The molecule has 10 heteroatoms. The third-order valence-electron chi connectivity index (χ3n) is 13.1. The van der Waals surface area contributed by atoms with E-state index in [2.05, 4.69) is 364 Å². The summed E-state index contributed by atoms with van der Waals surface area (Å²) in [5, 5.41) is 16.8. The normalized spacial score (nSPS) is 9.99. The van der Waals surface area contributed by atoms with Crippen LogP contribution in [-0.2, 0) is 38.7 Å². The summed E-state index contributed by atoms with van der Waals surface area (Å²) in [7, 11) is -1.78. The van der Waals surface area contributed by atoms with Crippen LogP contribution in [0.3, 0.4) is 0 Å². The fraction of sp³-hybridized carbons (Fsp3) is 0. The monoisotopic (exact) mass is 1420 g/mol. The molecule has 0 aliphatic heterocycles. The van der Waals surface area contributed by atoms with Crippen molar-refractivity contribution < 1.29 is 80.3 Å². The first kappa shape index (κ1) is 72.4. The molecule has 0 bridgehead atoms. The maximum Gasteiger partial charge on any atom is 2.00 e. The first-order valence-corrected chi connectivity index (χ1v) is 34.8. The number of rotatable bonds is 12. The van der Waals surface area contributed by atoms with Crippen molar-refractivity contribution in [2.45, 2.75) is 0 Å². The molecule has 0 fully saturated rings. The molecule has 0 saturated carbocycles. The third kappa shape index (κ3) is 22.6. The van der Waals surface area contributed by atoms with E-state index in [0.717, 1.165) is 18.3 Å². The molecule has 0 amide bonds. The van der Waals surface area contributed by atoms with E-state index in [1.54, 1.807) is 12.1 Å². The quantitative estimate of drug-likeness (QED) is 0.108. The van der Waals surface area contributed by atoms with Gasteiger partial charge in [-0.05, 0) is 95.3 Å². The Balaban J connectivity index is 0.000000202. The molecule has 0 radical (unpaired) electrons. The van der Waals surface area contributed by atoms with Crippen molar-refractivity contribution in [3.05, 3.63) is 394 Å². The van der Waals surface area contributed by atoms with Gasteiger partial charge in [-0.15, -0.1) is 0 Å². The maximum atomic E-state index is 12.1. The van der Waals surface area contributed by atoms with Crippen molar-refractivity contribution in [1.29, 1.82) is 0 Å². The van der Waals surface area contributed by atoms with E-state index in [-0.39, 0.29) is 63.5 Å². The van der Waals surface area contributed by atoms with E-state index in [1.165, 1.54) is 79.9 Å². The summed E-state index contributed by atoms with van der Waals surface area (Å²) in [5.41, 5.74) is 0. The van der Waals surface area contributed by atoms with Gasteiger partial charge in [-0.3, -0.25) is 0 Å². The summed E-state index contributed by atoms with van der Waals surface area (Å²) >= 11 is 1.10. The summed E-state index contributed by atoms with van der Waals surface area (Å²) < 4.78 is 13.3. The molecule has 13 rings (SSSR count). The van der Waals surface area contributed by atoms with E-state index in [1.807, 2.05) is 0 Å². The second kappa shape index (κ2) is 41.1.